The zero-order valence-corrected chi connectivity index (χ0v) is 17.7. The molecule has 0 radical (unpaired) electrons. The minimum atomic E-state index is 0.469. The van der Waals surface area contributed by atoms with Gasteiger partial charge in [-0.1, -0.05) is 54.3 Å². The minimum absolute atomic E-state index is 0.469. The van der Waals surface area contributed by atoms with Crippen LogP contribution in [0.4, 0.5) is 5.82 Å². The zero-order valence-electron chi connectivity index (χ0n) is 16.2. The van der Waals surface area contributed by atoms with Crippen molar-refractivity contribution in [2.45, 2.75) is 13.8 Å². The maximum absolute atomic E-state index is 9.50. The maximum Gasteiger partial charge on any atom is 0.130 e. The SMILES string of the molecule is C/C=C(\C=C/CCl)S/C(C)=C(/Nc1ccccn1)c1ccccc1C#N.C=C. The first-order chi connectivity index (χ1) is 13.7. The molecule has 0 amide bonds. The summed E-state index contributed by atoms with van der Waals surface area (Å²) >= 11 is 7.37. The smallest absolute Gasteiger partial charge is 0.130 e. The fourth-order valence-corrected chi connectivity index (χ4v) is 3.27. The summed E-state index contributed by atoms with van der Waals surface area (Å²) in [6.45, 7) is 10.0. The number of aromatic nitrogens is 1. The highest BCUT2D eigenvalue weighted by atomic mass is 35.5. The molecule has 1 aromatic heterocycles. The summed E-state index contributed by atoms with van der Waals surface area (Å²) in [6, 6.07) is 15.5. The predicted molar refractivity (Wildman–Crippen MR) is 124 cm³/mol. The third kappa shape index (κ3) is 7.11. The molecular weight excluding hydrogens is 386 g/mol. The Morgan fingerprint density at radius 1 is 1.25 bits per heavy atom. The van der Waals surface area contributed by atoms with Crippen molar-refractivity contribution < 1.29 is 0 Å². The van der Waals surface area contributed by atoms with Crippen LogP contribution < -0.4 is 5.32 Å². The Labute approximate surface area is 177 Å². The van der Waals surface area contributed by atoms with Gasteiger partial charge in [0.1, 0.15) is 5.82 Å². The first-order valence-corrected chi connectivity index (χ1v) is 9.99. The summed E-state index contributed by atoms with van der Waals surface area (Å²) in [7, 11) is 0. The predicted octanol–water partition coefficient (Wildman–Crippen LogP) is 6.99. The van der Waals surface area contributed by atoms with Gasteiger partial charge in [-0.2, -0.15) is 5.26 Å². The van der Waals surface area contributed by atoms with Crippen molar-refractivity contribution in [2.75, 3.05) is 11.2 Å². The standard InChI is InChI=1S/C21H20ClN3S.C2H4/c1-3-18(10-8-13-22)26-16(2)21(25-20-12-6-7-14-24-20)19-11-5-4-9-17(19)15-23;1-2/h3-12,14H,13H2,1-2H3,(H,24,25);1-2H2/b10-8-,18-3+,21-16+;. The number of allylic oxidation sites excluding steroid dienone is 4. The Morgan fingerprint density at radius 3 is 2.57 bits per heavy atom. The van der Waals surface area contributed by atoms with Crippen LogP contribution >= 0.6 is 23.4 Å². The van der Waals surface area contributed by atoms with Crippen molar-refractivity contribution in [3.05, 3.63) is 101 Å². The molecule has 0 spiro atoms. The van der Waals surface area contributed by atoms with Crippen molar-refractivity contribution >= 4 is 34.9 Å². The molecule has 144 valence electrons. The maximum atomic E-state index is 9.50. The van der Waals surface area contributed by atoms with E-state index >= 15 is 0 Å². The highest BCUT2D eigenvalue weighted by Gasteiger charge is 2.13. The number of halogens is 1. The Kier molecular flexibility index (Phi) is 11.2. The number of rotatable bonds is 7. The number of benzene rings is 1. The van der Waals surface area contributed by atoms with Crippen LogP contribution in [0.25, 0.3) is 5.70 Å². The third-order valence-electron chi connectivity index (χ3n) is 3.51. The fourth-order valence-electron chi connectivity index (χ4n) is 2.29. The second-order valence-corrected chi connectivity index (χ2v) is 6.87. The molecule has 0 unspecified atom stereocenters. The number of hydrogen-bond acceptors (Lipinski definition) is 4. The number of nitriles is 1. The van der Waals surface area contributed by atoms with Gasteiger partial charge in [0, 0.05) is 27.5 Å². The normalized spacial score (nSPS) is 11.9. The molecule has 0 aliphatic rings. The lowest BCUT2D eigenvalue weighted by Gasteiger charge is -2.16. The second kappa shape index (κ2) is 13.4. The molecule has 0 fully saturated rings. The van der Waals surface area contributed by atoms with Gasteiger partial charge >= 0.3 is 0 Å². The fraction of sp³-hybridized carbons (Fsp3) is 0.130. The first-order valence-electron chi connectivity index (χ1n) is 8.64. The number of pyridine rings is 1. The number of thioether (sulfide) groups is 1. The topological polar surface area (TPSA) is 48.7 Å². The van der Waals surface area contributed by atoms with Crippen LogP contribution in [0.3, 0.4) is 0 Å². The van der Waals surface area contributed by atoms with E-state index in [2.05, 4.69) is 29.5 Å². The van der Waals surface area contributed by atoms with Gasteiger partial charge in [0.25, 0.3) is 0 Å². The summed E-state index contributed by atoms with van der Waals surface area (Å²) in [5.41, 5.74) is 2.33. The first kappa shape index (κ1) is 23.3. The molecule has 1 aromatic carbocycles. The Morgan fingerprint density at radius 2 is 1.96 bits per heavy atom. The summed E-state index contributed by atoms with van der Waals surface area (Å²) in [5, 5.41) is 12.9. The van der Waals surface area contributed by atoms with E-state index in [1.165, 1.54) is 0 Å². The van der Waals surface area contributed by atoms with Gasteiger partial charge in [-0.3, -0.25) is 0 Å². The average molecular weight is 410 g/mol. The molecule has 2 rings (SSSR count). The van der Waals surface area contributed by atoms with Crippen LogP contribution in [0.15, 0.2) is 89.9 Å². The molecule has 1 N–H and O–H groups in total. The molecule has 0 bridgehead atoms. The van der Waals surface area contributed by atoms with Crippen LogP contribution in [-0.2, 0) is 0 Å². The Bertz CT molecular complexity index is 880. The van der Waals surface area contributed by atoms with Crippen LogP contribution in [0.2, 0.25) is 0 Å². The lowest BCUT2D eigenvalue weighted by atomic mass is 10.1. The van der Waals surface area contributed by atoms with Gasteiger partial charge in [-0.15, -0.1) is 24.8 Å². The summed E-state index contributed by atoms with van der Waals surface area (Å²) < 4.78 is 0. The highest BCUT2D eigenvalue weighted by molar-refractivity contribution is 8.07. The van der Waals surface area contributed by atoms with E-state index in [0.717, 1.165) is 26.9 Å². The Balaban J connectivity index is 0.00000190. The number of nitrogens with one attached hydrogen (secondary N) is 1. The van der Waals surface area contributed by atoms with Gasteiger partial charge in [-0.25, -0.2) is 4.98 Å². The molecule has 0 aliphatic heterocycles. The van der Waals surface area contributed by atoms with E-state index in [9.17, 15) is 5.26 Å². The summed E-state index contributed by atoms with van der Waals surface area (Å²) in [4.78, 5) is 6.46. The molecule has 0 saturated heterocycles. The average Bonchev–Trinajstić information content (AvgIpc) is 2.76. The lowest BCUT2D eigenvalue weighted by Crippen LogP contribution is -2.04. The molecule has 0 saturated carbocycles. The zero-order chi connectivity index (χ0) is 20.8. The molecule has 0 atom stereocenters. The van der Waals surface area contributed by atoms with E-state index in [1.807, 2.05) is 74.5 Å². The van der Waals surface area contributed by atoms with Crippen LogP contribution in [-0.4, -0.2) is 10.9 Å². The largest absolute Gasteiger partial charge is 0.339 e. The van der Waals surface area contributed by atoms with E-state index in [-0.39, 0.29) is 0 Å². The lowest BCUT2D eigenvalue weighted by molar-refractivity contribution is 1.30. The number of nitrogens with zero attached hydrogens (tertiary/aromatic N) is 2. The van der Waals surface area contributed by atoms with Crippen molar-refractivity contribution in [2.24, 2.45) is 0 Å². The molecule has 2 aromatic rings. The molecule has 3 nitrogen and oxygen atoms in total. The summed E-state index contributed by atoms with van der Waals surface area (Å²) in [5.74, 6) is 1.20. The van der Waals surface area contributed by atoms with Gasteiger partial charge in [0.2, 0.25) is 0 Å². The van der Waals surface area contributed by atoms with Crippen molar-refractivity contribution in [3.63, 3.8) is 0 Å². The van der Waals surface area contributed by atoms with Crippen molar-refractivity contribution in [1.82, 2.24) is 4.98 Å². The van der Waals surface area contributed by atoms with Crippen LogP contribution in [0.5, 0.6) is 0 Å². The van der Waals surface area contributed by atoms with E-state index in [4.69, 9.17) is 11.6 Å². The van der Waals surface area contributed by atoms with E-state index < -0.39 is 0 Å². The molecular formula is C23H24ClN3S. The summed E-state index contributed by atoms with van der Waals surface area (Å²) in [6.07, 6.45) is 7.67. The van der Waals surface area contributed by atoms with Crippen LogP contribution in [0.1, 0.15) is 25.0 Å². The second-order valence-electron chi connectivity index (χ2n) is 5.28. The number of hydrogen-bond donors (Lipinski definition) is 1. The van der Waals surface area contributed by atoms with Crippen molar-refractivity contribution in [3.8, 4) is 6.07 Å². The molecule has 28 heavy (non-hydrogen) atoms. The quantitative estimate of drug-likeness (QED) is 0.304. The molecule has 1 heterocycles. The minimum Gasteiger partial charge on any atom is -0.339 e. The van der Waals surface area contributed by atoms with Gasteiger partial charge in [0.15, 0.2) is 0 Å². The Hall–Kier alpha value is -2.74. The monoisotopic (exact) mass is 409 g/mol. The molecule has 5 heteroatoms. The van der Waals surface area contributed by atoms with E-state index in [0.29, 0.717) is 11.4 Å². The van der Waals surface area contributed by atoms with Gasteiger partial charge in [-0.05, 0) is 32.0 Å². The number of alkyl halides is 1. The third-order valence-corrected chi connectivity index (χ3v) is 4.81. The molecule has 0 aliphatic carbocycles. The number of anilines is 1. The van der Waals surface area contributed by atoms with Gasteiger partial charge in [0.05, 0.1) is 17.3 Å². The van der Waals surface area contributed by atoms with Crippen molar-refractivity contribution in [1.29, 1.82) is 5.26 Å². The van der Waals surface area contributed by atoms with Gasteiger partial charge < -0.3 is 5.32 Å². The van der Waals surface area contributed by atoms with E-state index in [1.54, 1.807) is 18.0 Å². The van der Waals surface area contributed by atoms with Crippen LogP contribution in [0, 0.1) is 11.3 Å². The highest BCUT2D eigenvalue weighted by Crippen LogP contribution is 2.34.